The number of carbonyl (C=O) groups is 2. The number of nitrogens with one attached hydrogen (secondary N) is 2. The topological polar surface area (TPSA) is 64.7 Å². The van der Waals surface area contributed by atoms with Crippen molar-refractivity contribution in [2.24, 2.45) is 11.8 Å². The number of likely N-dealkylation sites (tertiary alicyclic amines) is 2. The van der Waals surface area contributed by atoms with Crippen LogP contribution in [0.25, 0.3) is 0 Å². The van der Waals surface area contributed by atoms with Gasteiger partial charge in [-0.25, -0.2) is 4.79 Å². The van der Waals surface area contributed by atoms with Crippen molar-refractivity contribution < 1.29 is 9.59 Å². The second kappa shape index (κ2) is 9.87. The molecule has 0 radical (unpaired) electrons. The molecule has 0 aromatic heterocycles. The lowest BCUT2D eigenvalue weighted by atomic mass is 9.92. The highest BCUT2D eigenvalue weighted by atomic mass is 16.2. The molecule has 2 heterocycles. The van der Waals surface area contributed by atoms with E-state index in [9.17, 15) is 9.59 Å². The molecule has 0 bridgehead atoms. The molecule has 0 aliphatic carbocycles. The largest absolute Gasteiger partial charge is 0.343 e. The fourth-order valence-corrected chi connectivity index (χ4v) is 3.95. The Morgan fingerprint density at radius 2 is 1.71 bits per heavy atom. The zero-order chi connectivity index (χ0) is 17.4. The van der Waals surface area contributed by atoms with E-state index in [0.717, 1.165) is 57.3 Å². The molecule has 24 heavy (non-hydrogen) atoms. The first kappa shape index (κ1) is 19.0. The van der Waals surface area contributed by atoms with Crippen molar-refractivity contribution in [2.75, 3.05) is 45.8 Å². The maximum absolute atomic E-state index is 11.7. The highest BCUT2D eigenvalue weighted by Crippen LogP contribution is 2.20. The van der Waals surface area contributed by atoms with Crippen LogP contribution in [0.4, 0.5) is 4.79 Å². The van der Waals surface area contributed by atoms with Crippen molar-refractivity contribution in [2.45, 2.75) is 46.0 Å². The van der Waals surface area contributed by atoms with Crippen LogP contribution < -0.4 is 10.6 Å². The van der Waals surface area contributed by atoms with E-state index in [1.807, 2.05) is 4.90 Å². The summed E-state index contributed by atoms with van der Waals surface area (Å²) in [6.45, 7) is 11.0. The molecule has 2 N–H and O–H groups in total. The second-order valence-electron chi connectivity index (χ2n) is 7.58. The third kappa shape index (κ3) is 6.67. The van der Waals surface area contributed by atoms with E-state index in [0.29, 0.717) is 13.0 Å². The van der Waals surface area contributed by atoms with Crippen LogP contribution in [0.2, 0.25) is 0 Å². The highest BCUT2D eigenvalue weighted by Gasteiger charge is 2.21. The smallest absolute Gasteiger partial charge is 0.314 e. The number of urea groups is 1. The van der Waals surface area contributed by atoms with Crippen LogP contribution in [0.15, 0.2) is 0 Å². The number of nitrogens with zero attached hydrogens (tertiary/aromatic N) is 2. The molecule has 2 unspecified atom stereocenters. The summed E-state index contributed by atoms with van der Waals surface area (Å²) >= 11 is 0. The molecule has 0 aromatic carbocycles. The van der Waals surface area contributed by atoms with Gasteiger partial charge in [-0.3, -0.25) is 4.79 Å². The molecule has 6 heteroatoms. The Kier molecular flexibility index (Phi) is 7.82. The van der Waals surface area contributed by atoms with Gasteiger partial charge in [-0.05, 0) is 44.1 Å². The van der Waals surface area contributed by atoms with Crippen LogP contribution >= 0.6 is 0 Å². The number of carbonyl (C=O) groups excluding carboxylic acids is 2. The van der Waals surface area contributed by atoms with Crippen molar-refractivity contribution in [3.63, 3.8) is 0 Å². The number of rotatable bonds is 8. The Morgan fingerprint density at radius 3 is 2.29 bits per heavy atom. The van der Waals surface area contributed by atoms with Gasteiger partial charge in [0.2, 0.25) is 5.91 Å². The van der Waals surface area contributed by atoms with Crippen molar-refractivity contribution >= 4 is 11.9 Å². The quantitative estimate of drug-likeness (QED) is 0.662. The van der Waals surface area contributed by atoms with Gasteiger partial charge < -0.3 is 20.4 Å². The van der Waals surface area contributed by atoms with Crippen LogP contribution in [0.5, 0.6) is 0 Å². The van der Waals surface area contributed by atoms with Crippen molar-refractivity contribution in [3.8, 4) is 0 Å². The van der Waals surface area contributed by atoms with Crippen LogP contribution in [-0.2, 0) is 4.79 Å². The first-order valence-electron chi connectivity index (χ1n) is 9.56. The van der Waals surface area contributed by atoms with E-state index in [2.05, 4.69) is 29.4 Å². The minimum absolute atomic E-state index is 0.0943. The first-order chi connectivity index (χ1) is 11.5. The fraction of sp³-hybridized carbons (Fsp3) is 0.889. The third-order valence-electron chi connectivity index (χ3n) is 4.94. The minimum Gasteiger partial charge on any atom is -0.343 e. The average molecular weight is 338 g/mol. The maximum Gasteiger partial charge on any atom is 0.314 e. The molecule has 2 rings (SSSR count). The second-order valence-corrected chi connectivity index (χ2v) is 7.58. The van der Waals surface area contributed by atoms with Gasteiger partial charge in [-0.2, -0.15) is 0 Å². The number of piperidine rings is 1. The summed E-state index contributed by atoms with van der Waals surface area (Å²) in [5.74, 6) is 1.82. The summed E-state index contributed by atoms with van der Waals surface area (Å²) < 4.78 is 0. The number of hydrogen-bond donors (Lipinski definition) is 2. The average Bonchev–Trinajstić information content (AvgIpc) is 2.92. The zero-order valence-electron chi connectivity index (χ0n) is 15.4. The highest BCUT2D eigenvalue weighted by molar-refractivity contribution is 5.78. The normalized spacial score (nSPS) is 25.1. The first-order valence-corrected chi connectivity index (χ1v) is 9.56. The van der Waals surface area contributed by atoms with Gasteiger partial charge >= 0.3 is 6.03 Å². The Bertz CT molecular complexity index is 406. The maximum atomic E-state index is 11.7. The SMILES string of the molecule is CC1CC(C)CN(CCCNC(=O)NCCCN2CCCC2=O)C1. The Morgan fingerprint density at radius 1 is 1.08 bits per heavy atom. The predicted octanol–water partition coefficient (Wildman–Crippen LogP) is 1.67. The van der Waals surface area contributed by atoms with Gasteiger partial charge in [-0.15, -0.1) is 0 Å². The molecule has 6 nitrogen and oxygen atoms in total. The lowest BCUT2D eigenvalue weighted by Gasteiger charge is -2.34. The van der Waals surface area contributed by atoms with E-state index in [1.165, 1.54) is 19.5 Å². The fourth-order valence-electron chi connectivity index (χ4n) is 3.95. The molecule has 0 spiro atoms. The summed E-state index contributed by atoms with van der Waals surface area (Å²) in [7, 11) is 0. The Balaban J connectivity index is 1.45. The van der Waals surface area contributed by atoms with Crippen LogP contribution in [0.3, 0.4) is 0 Å². The zero-order valence-corrected chi connectivity index (χ0v) is 15.4. The molecule has 0 aromatic rings. The molecule has 2 atom stereocenters. The lowest BCUT2D eigenvalue weighted by Crippen LogP contribution is -2.41. The minimum atomic E-state index is -0.0943. The molecule has 138 valence electrons. The van der Waals surface area contributed by atoms with Gasteiger partial charge in [0.25, 0.3) is 0 Å². The standard InChI is InChI=1S/C18H34N4O2/c1-15-12-16(2)14-21(13-15)9-4-7-19-18(24)20-8-5-11-22-10-3-6-17(22)23/h15-16H,3-14H2,1-2H3,(H2,19,20,24). The Hall–Kier alpha value is -1.30. The van der Waals surface area contributed by atoms with E-state index >= 15 is 0 Å². The van der Waals surface area contributed by atoms with Crippen LogP contribution in [0.1, 0.15) is 46.0 Å². The summed E-state index contributed by atoms with van der Waals surface area (Å²) in [6, 6.07) is -0.0943. The van der Waals surface area contributed by atoms with E-state index < -0.39 is 0 Å². The molecule has 3 amide bonds. The number of amides is 3. The third-order valence-corrected chi connectivity index (χ3v) is 4.94. The Labute approximate surface area is 146 Å². The van der Waals surface area contributed by atoms with Gasteiger partial charge in [0.1, 0.15) is 0 Å². The van der Waals surface area contributed by atoms with E-state index in [-0.39, 0.29) is 11.9 Å². The van der Waals surface area contributed by atoms with Gasteiger partial charge in [0.05, 0.1) is 0 Å². The monoisotopic (exact) mass is 338 g/mol. The van der Waals surface area contributed by atoms with Gasteiger partial charge in [0.15, 0.2) is 0 Å². The van der Waals surface area contributed by atoms with Crippen LogP contribution in [0, 0.1) is 11.8 Å². The van der Waals surface area contributed by atoms with Crippen LogP contribution in [-0.4, -0.2) is 67.6 Å². The summed E-state index contributed by atoms with van der Waals surface area (Å²) in [6.07, 6.45) is 4.81. The molecule has 0 saturated carbocycles. The van der Waals surface area contributed by atoms with E-state index in [1.54, 1.807) is 0 Å². The molecular formula is C18H34N4O2. The molecule has 2 aliphatic rings. The molecule has 2 saturated heterocycles. The van der Waals surface area contributed by atoms with Gasteiger partial charge in [-0.1, -0.05) is 13.8 Å². The van der Waals surface area contributed by atoms with Crippen molar-refractivity contribution in [3.05, 3.63) is 0 Å². The molecule has 2 fully saturated rings. The van der Waals surface area contributed by atoms with Gasteiger partial charge in [0, 0.05) is 45.7 Å². The van der Waals surface area contributed by atoms with Crippen molar-refractivity contribution in [1.82, 2.24) is 20.4 Å². The van der Waals surface area contributed by atoms with Crippen molar-refractivity contribution in [1.29, 1.82) is 0 Å². The summed E-state index contributed by atoms with van der Waals surface area (Å²) in [5, 5.41) is 5.80. The van der Waals surface area contributed by atoms with E-state index in [4.69, 9.17) is 0 Å². The lowest BCUT2D eigenvalue weighted by molar-refractivity contribution is -0.127. The molecular weight excluding hydrogens is 304 g/mol. The predicted molar refractivity (Wildman–Crippen MR) is 95.8 cm³/mol. The molecule has 2 aliphatic heterocycles. The summed E-state index contributed by atoms with van der Waals surface area (Å²) in [4.78, 5) is 27.6. The number of hydrogen-bond acceptors (Lipinski definition) is 3. The summed E-state index contributed by atoms with van der Waals surface area (Å²) in [5.41, 5.74) is 0.